The minimum absolute atomic E-state index is 0.545. The largest absolute Gasteiger partial charge is 0.342 e. The zero-order chi connectivity index (χ0) is 18.5. The maximum absolute atomic E-state index is 4.73. The van der Waals surface area contributed by atoms with Crippen molar-refractivity contribution in [2.24, 2.45) is 4.99 Å². The molecule has 0 spiro atoms. The molecule has 0 aromatic carbocycles. The van der Waals surface area contributed by atoms with Crippen LogP contribution >= 0.6 is 0 Å². The maximum atomic E-state index is 4.73. The predicted octanol–water partition coefficient (Wildman–Crippen LogP) is 3.52. The normalized spacial score (nSPS) is 23.1. The first kappa shape index (κ1) is 18.0. The van der Waals surface area contributed by atoms with Crippen LogP contribution in [-0.2, 0) is 0 Å². The van der Waals surface area contributed by atoms with Gasteiger partial charge in [0.25, 0.3) is 0 Å². The van der Waals surface area contributed by atoms with Crippen LogP contribution in [-0.4, -0.2) is 59.0 Å². The van der Waals surface area contributed by atoms with E-state index in [9.17, 15) is 0 Å². The lowest BCUT2D eigenvalue weighted by atomic mass is 9.91. The fourth-order valence-electron chi connectivity index (χ4n) is 4.58. The van der Waals surface area contributed by atoms with E-state index in [0.29, 0.717) is 11.8 Å². The van der Waals surface area contributed by atoms with Crippen LogP contribution in [0.15, 0.2) is 54.0 Å². The molecule has 0 N–H and O–H groups in total. The average Bonchev–Trinajstić information content (AvgIpc) is 2.76. The topological polar surface area (TPSA) is 44.6 Å². The molecule has 4 heterocycles. The summed E-state index contributed by atoms with van der Waals surface area (Å²) < 4.78 is 0. The van der Waals surface area contributed by atoms with Gasteiger partial charge < -0.3 is 9.80 Å². The number of hydrogen-bond donors (Lipinski definition) is 0. The van der Waals surface area contributed by atoms with Gasteiger partial charge in [0.15, 0.2) is 5.96 Å². The Labute approximate surface area is 162 Å². The van der Waals surface area contributed by atoms with Gasteiger partial charge in [-0.15, -0.1) is 0 Å². The summed E-state index contributed by atoms with van der Waals surface area (Å²) >= 11 is 0. The molecule has 2 fully saturated rings. The summed E-state index contributed by atoms with van der Waals surface area (Å²) in [4.78, 5) is 18.4. The second-order valence-electron chi connectivity index (χ2n) is 7.67. The average molecular weight is 364 g/mol. The number of likely N-dealkylation sites (tertiary alicyclic amines) is 2. The molecular weight excluding hydrogens is 334 g/mol. The molecule has 5 heteroatoms. The van der Waals surface area contributed by atoms with E-state index < -0.39 is 0 Å². The van der Waals surface area contributed by atoms with Crippen molar-refractivity contribution in [2.45, 2.75) is 37.5 Å². The van der Waals surface area contributed by atoms with E-state index in [1.807, 2.05) is 44.0 Å². The van der Waals surface area contributed by atoms with Crippen molar-refractivity contribution in [3.8, 4) is 0 Å². The van der Waals surface area contributed by atoms with Crippen LogP contribution < -0.4 is 0 Å². The van der Waals surface area contributed by atoms with Crippen molar-refractivity contribution in [2.75, 3.05) is 33.2 Å². The number of hydrogen-bond acceptors (Lipinski definition) is 3. The van der Waals surface area contributed by atoms with Crippen LogP contribution in [0.3, 0.4) is 0 Å². The number of aromatic nitrogens is 2. The first-order valence-corrected chi connectivity index (χ1v) is 10.1. The Bertz CT molecular complexity index is 684. The Kier molecular flexibility index (Phi) is 5.66. The molecule has 0 aliphatic carbocycles. The molecule has 2 aromatic heterocycles. The molecule has 0 bridgehead atoms. The molecule has 27 heavy (non-hydrogen) atoms. The quantitative estimate of drug-likeness (QED) is 0.605. The van der Waals surface area contributed by atoms with Crippen molar-refractivity contribution in [3.63, 3.8) is 0 Å². The molecular formula is C22H29N5. The van der Waals surface area contributed by atoms with E-state index in [-0.39, 0.29) is 0 Å². The van der Waals surface area contributed by atoms with Crippen LogP contribution in [0.4, 0.5) is 0 Å². The Balaban J connectivity index is 1.46. The summed E-state index contributed by atoms with van der Waals surface area (Å²) in [5.74, 6) is 2.25. The lowest BCUT2D eigenvalue weighted by Gasteiger charge is -2.42. The Morgan fingerprint density at radius 3 is 1.81 bits per heavy atom. The second kappa shape index (κ2) is 8.51. The standard InChI is InChI=1S/C22H29N5/c1-23-22(26-12-4-8-20(16-26)18-6-2-10-24-14-18)27-13-5-9-21(17-27)19-7-3-11-25-15-19/h2-3,6-7,10-11,14-15,20-21H,4-5,8-9,12-13,16-17H2,1H3. The summed E-state index contributed by atoms with van der Waals surface area (Å²) in [6, 6.07) is 8.52. The summed E-state index contributed by atoms with van der Waals surface area (Å²) in [5.41, 5.74) is 2.70. The molecule has 0 radical (unpaired) electrons. The van der Waals surface area contributed by atoms with E-state index >= 15 is 0 Å². The third kappa shape index (κ3) is 4.12. The fourth-order valence-corrected chi connectivity index (χ4v) is 4.58. The minimum Gasteiger partial charge on any atom is -0.342 e. The van der Waals surface area contributed by atoms with Crippen LogP contribution in [0.2, 0.25) is 0 Å². The molecule has 2 aromatic rings. The molecule has 2 aliphatic heterocycles. The van der Waals surface area contributed by atoms with E-state index in [1.165, 1.54) is 36.8 Å². The van der Waals surface area contributed by atoms with Crippen LogP contribution in [0.25, 0.3) is 0 Å². The summed E-state index contributed by atoms with van der Waals surface area (Å²) in [5, 5.41) is 0. The number of aliphatic imine (C=N–C) groups is 1. The molecule has 2 saturated heterocycles. The number of rotatable bonds is 2. The highest BCUT2D eigenvalue weighted by molar-refractivity contribution is 5.80. The lowest BCUT2D eigenvalue weighted by molar-refractivity contribution is 0.231. The summed E-state index contributed by atoms with van der Waals surface area (Å²) in [6.07, 6.45) is 12.6. The van der Waals surface area contributed by atoms with E-state index in [2.05, 4.69) is 31.9 Å². The van der Waals surface area contributed by atoms with Gasteiger partial charge in [-0.2, -0.15) is 0 Å². The van der Waals surface area contributed by atoms with Crippen LogP contribution in [0.1, 0.15) is 48.6 Å². The zero-order valence-corrected chi connectivity index (χ0v) is 16.2. The van der Waals surface area contributed by atoms with Gasteiger partial charge in [-0.3, -0.25) is 15.0 Å². The van der Waals surface area contributed by atoms with Gasteiger partial charge in [-0.25, -0.2) is 0 Å². The van der Waals surface area contributed by atoms with Crippen LogP contribution in [0.5, 0.6) is 0 Å². The van der Waals surface area contributed by atoms with Gasteiger partial charge >= 0.3 is 0 Å². The molecule has 2 atom stereocenters. The van der Waals surface area contributed by atoms with Gasteiger partial charge in [0.1, 0.15) is 0 Å². The first-order chi connectivity index (χ1) is 13.3. The van der Waals surface area contributed by atoms with Crippen molar-refractivity contribution >= 4 is 5.96 Å². The smallest absolute Gasteiger partial charge is 0.196 e. The lowest BCUT2D eigenvalue weighted by Crippen LogP contribution is -2.50. The maximum Gasteiger partial charge on any atom is 0.196 e. The molecule has 0 saturated carbocycles. The highest BCUT2D eigenvalue weighted by atomic mass is 15.4. The third-order valence-corrected chi connectivity index (χ3v) is 5.92. The van der Waals surface area contributed by atoms with E-state index in [4.69, 9.17) is 4.99 Å². The molecule has 4 rings (SSSR count). The van der Waals surface area contributed by atoms with E-state index in [0.717, 1.165) is 32.1 Å². The van der Waals surface area contributed by atoms with Crippen molar-refractivity contribution < 1.29 is 0 Å². The zero-order valence-electron chi connectivity index (χ0n) is 16.2. The van der Waals surface area contributed by atoms with Gasteiger partial charge in [-0.05, 0) is 48.9 Å². The predicted molar refractivity (Wildman–Crippen MR) is 109 cm³/mol. The molecule has 2 aliphatic rings. The Morgan fingerprint density at radius 1 is 0.889 bits per heavy atom. The van der Waals surface area contributed by atoms with Gasteiger partial charge in [0.05, 0.1) is 0 Å². The molecule has 5 nitrogen and oxygen atoms in total. The molecule has 2 unspecified atom stereocenters. The van der Waals surface area contributed by atoms with Gasteiger partial charge in [0.2, 0.25) is 0 Å². The summed E-state index contributed by atoms with van der Waals surface area (Å²) in [6.45, 7) is 4.26. The fraction of sp³-hybridized carbons (Fsp3) is 0.500. The molecule has 0 amide bonds. The van der Waals surface area contributed by atoms with Crippen LogP contribution in [0, 0.1) is 0 Å². The Hall–Kier alpha value is -2.43. The van der Waals surface area contributed by atoms with Gasteiger partial charge in [0, 0.05) is 69.8 Å². The minimum atomic E-state index is 0.545. The number of pyridine rings is 2. The van der Waals surface area contributed by atoms with Crippen molar-refractivity contribution in [1.82, 2.24) is 19.8 Å². The SMILES string of the molecule is CN=C(N1CCCC(c2cccnc2)C1)N1CCCC(c2cccnc2)C1. The third-order valence-electron chi connectivity index (χ3n) is 5.92. The highest BCUT2D eigenvalue weighted by Crippen LogP contribution is 2.30. The molecule has 142 valence electrons. The number of nitrogens with zero attached hydrogens (tertiary/aromatic N) is 5. The number of piperidine rings is 2. The first-order valence-electron chi connectivity index (χ1n) is 10.1. The van der Waals surface area contributed by atoms with Crippen molar-refractivity contribution in [3.05, 3.63) is 60.2 Å². The highest BCUT2D eigenvalue weighted by Gasteiger charge is 2.29. The van der Waals surface area contributed by atoms with Crippen molar-refractivity contribution in [1.29, 1.82) is 0 Å². The Morgan fingerprint density at radius 2 is 1.41 bits per heavy atom. The number of guanidine groups is 1. The summed E-state index contributed by atoms with van der Waals surface area (Å²) in [7, 11) is 1.94. The monoisotopic (exact) mass is 363 g/mol. The van der Waals surface area contributed by atoms with E-state index in [1.54, 1.807) is 0 Å². The van der Waals surface area contributed by atoms with Gasteiger partial charge in [-0.1, -0.05) is 12.1 Å². The second-order valence-corrected chi connectivity index (χ2v) is 7.67.